The Bertz CT molecular complexity index is 415. The molecule has 1 aliphatic carbocycles. The van der Waals surface area contributed by atoms with E-state index in [1.807, 2.05) is 0 Å². The summed E-state index contributed by atoms with van der Waals surface area (Å²) in [5, 5.41) is 3.20. The van der Waals surface area contributed by atoms with Gasteiger partial charge in [-0.25, -0.2) is 4.98 Å². The second-order valence-corrected chi connectivity index (χ2v) is 4.75. The van der Waals surface area contributed by atoms with Gasteiger partial charge in [0.2, 0.25) is 0 Å². The molecule has 0 unspecified atom stereocenters. The second kappa shape index (κ2) is 4.28. The molecule has 88 valence electrons. The Labute approximate surface area is 95.7 Å². The summed E-state index contributed by atoms with van der Waals surface area (Å²) < 4.78 is 1.55. The first kappa shape index (κ1) is 11.2. The molecule has 0 radical (unpaired) electrons. The van der Waals surface area contributed by atoms with E-state index in [-0.39, 0.29) is 5.56 Å². The number of rotatable bonds is 4. The fourth-order valence-corrected chi connectivity index (χ4v) is 2.22. The molecule has 0 aromatic carbocycles. The highest BCUT2D eigenvalue weighted by Crippen LogP contribution is 2.43. The lowest BCUT2D eigenvalue weighted by Gasteiger charge is -2.41. The highest BCUT2D eigenvalue weighted by atomic mass is 16.1. The molecule has 1 aromatic heterocycles. The first-order valence-corrected chi connectivity index (χ1v) is 5.92. The summed E-state index contributed by atoms with van der Waals surface area (Å²) in [4.78, 5) is 15.8. The number of nitrogens with zero attached hydrogens (tertiary/aromatic N) is 2. The number of nitrogens with one attached hydrogen (secondary N) is 1. The minimum Gasteiger partial charge on any atom is -0.365 e. The largest absolute Gasteiger partial charge is 0.365 e. The van der Waals surface area contributed by atoms with E-state index in [1.165, 1.54) is 25.7 Å². The molecule has 2 rings (SSSR count). The van der Waals surface area contributed by atoms with Gasteiger partial charge in [-0.1, -0.05) is 13.3 Å². The van der Waals surface area contributed by atoms with Crippen molar-refractivity contribution in [2.24, 2.45) is 12.5 Å². The molecule has 1 aromatic rings. The Balaban J connectivity index is 2.05. The predicted octanol–water partition coefficient (Wildman–Crippen LogP) is 1.77. The molecule has 16 heavy (non-hydrogen) atoms. The summed E-state index contributed by atoms with van der Waals surface area (Å²) >= 11 is 0. The first-order chi connectivity index (χ1) is 7.67. The van der Waals surface area contributed by atoms with Crippen LogP contribution >= 0.6 is 0 Å². The SMILES string of the molecule is CCC1(CNc2nccn(C)c2=O)CCC1. The molecule has 4 heteroatoms. The van der Waals surface area contributed by atoms with Crippen LogP contribution in [0.1, 0.15) is 32.6 Å². The fraction of sp³-hybridized carbons (Fsp3) is 0.667. The van der Waals surface area contributed by atoms with Crippen molar-refractivity contribution in [2.75, 3.05) is 11.9 Å². The van der Waals surface area contributed by atoms with E-state index in [1.54, 1.807) is 24.0 Å². The van der Waals surface area contributed by atoms with E-state index in [4.69, 9.17) is 0 Å². The van der Waals surface area contributed by atoms with E-state index < -0.39 is 0 Å². The van der Waals surface area contributed by atoms with Crippen molar-refractivity contribution in [1.82, 2.24) is 9.55 Å². The van der Waals surface area contributed by atoms with Gasteiger partial charge in [0.25, 0.3) is 5.56 Å². The molecule has 0 spiro atoms. The van der Waals surface area contributed by atoms with Gasteiger partial charge in [-0.3, -0.25) is 4.79 Å². The zero-order chi connectivity index (χ0) is 11.6. The topological polar surface area (TPSA) is 46.9 Å². The van der Waals surface area contributed by atoms with Gasteiger partial charge in [0.05, 0.1) is 0 Å². The number of anilines is 1. The molecule has 1 N–H and O–H groups in total. The molecule has 1 heterocycles. The van der Waals surface area contributed by atoms with Crippen LogP contribution < -0.4 is 10.9 Å². The lowest BCUT2D eigenvalue weighted by Crippen LogP contribution is -2.37. The molecule has 0 atom stereocenters. The summed E-state index contributed by atoms with van der Waals surface area (Å²) in [5.41, 5.74) is 0.357. The summed E-state index contributed by atoms with van der Waals surface area (Å²) in [7, 11) is 1.74. The maximum absolute atomic E-state index is 11.7. The van der Waals surface area contributed by atoms with Crippen molar-refractivity contribution < 1.29 is 0 Å². The van der Waals surface area contributed by atoms with Crippen LogP contribution in [0.15, 0.2) is 17.2 Å². The Morgan fingerprint density at radius 2 is 2.31 bits per heavy atom. The van der Waals surface area contributed by atoms with Crippen LogP contribution in [0.25, 0.3) is 0 Å². The van der Waals surface area contributed by atoms with Gasteiger partial charge < -0.3 is 9.88 Å². The van der Waals surface area contributed by atoms with Crippen LogP contribution in [0.5, 0.6) is 0 Å². The highest BCUT2D eigenvalue weighted by molar-refractivity contribution is 5.31. The van der Waals surface area contributed by atoms with Crippen LogP contribution in [0.4, 0.5) is 5.82 Å². The first-order valence-electron chi connectivity index (χ1n) is 5.92. The summed E-state index contributed by atoms with van der Waals surface area (Å²) in [5.74, 6) is 0.477. The van der Waals surface area contributed by atoms with Crippen molar-refractivity contribution in [3.05, 3.63) is 22.7 Å². The van der Waals surface area contributed by atoms with Gasteiger partial charge in [-0.2, -0.15) is 0 Å². The zero-order valence-electron chi connectivity index (χ0n) is 9.99. The maximum Gasteiger partial charge on any atom is 0.293 e. The van der Waals surface area contributed by atoms with Gasteiger partial charge in [0.15, 0.2) is 5.82 Å². The van der Waals surface area contributed by atoms with Crippen LogP contribution in [-0.2, 0) is 7.05 Å². The zero-order valence-corrected chi connectivity index (χ0v) is 9.99. The fourth-order valence-electron chi connectivity index (χ4n) is 2.22. The molecule has 0 amide bonds. The lowest BCUT2D eigenvalue weighted by molar-refractivity contribution is 0.145. The third kappa shape index (κ3) is 1.96. The molecular formula is C12H19N3O. The standard InChI is InChI=1S/C12H19N3O/c1-3-12(5-4-6-12)9-14-10-11(16)15(2)8-7-13-10/h7-8H,3-6,9H2,1-2H3,(H,13,14). The number of aromatic nitrogens is 2. The molecular weight excluding hydrogens is 202 g/mol. The van der Waals surface area contributed by atoms with Crippen LogP contribution in [0, 0.1) is 5.41 Å². The summed E-state index contributed by atoms with van der Waals surface area (Å²) in [6, 6.07) is 0. The van der Waals surface area contributed by atoms with Crippen molar-refractivity contribution in [1.29, 1.82) is 0 Å². The molecule has 4 nitrogen and oxygen atoms in total. The lowest BCUT2D eigenvalue weighted by atomic mass is 9.67. The molecule has 1 aliphatic rings. The monoisotopic (exact) mass is 221 g/mol. The third-order valence-electron chi connectivity index (χ3n) is 3.81. The minimum atomic E-state index is -0.0481. The van der Waals surface area contributed by atoms with Crippen molar-refractivity contribution in [2.45, 2.75) is 32.6 Å². The highest BCUT2D eigenvalue weighted by Gasteiger charge is 2.34. The van der Waals surface area contributed by atoms with E-state index in [9.17, 15) is 4.79 Å². The van der Waals surface area contributed by atoms with Gasteiger partial charge >= 0.3 is 0 Å². The van der Waals surface area contributed by atoms with E-state index in [0.29, 0.717) is 11.2 Å². The molecule has 0 bridgehead atoms. The van der Waals surface area contributed by atoms with Gasteiger partial charge in [-0.15, -0.1) is 0 Å². The van der Waals surface area contributed by atoms with Gasteiger partial charge in [0.1, 0.15) is 0 Å². The quantitative estimate of drug-likeness (QED) is 0.843. The van der Waals surface area contributed by atoms with Crippen LogP contribution in [0.3, 0.4) is 0 Å². The Morgan fingerprint density at radius 1 is 1.56 bits per heavy atom. The molecule has 1 saturated carbocycles. The Hall–Kier alpha value is -1.32. The second-order valence-electron chi connectivity index (χ2n) is 4.75. The normalized spacial score (nSPS) is 17.9. The number of hydrogen-bond donors (Lipinski definition) is 1. The predicted molar refractivity (Wildman–Crippen MR) is 64.5 cm³/mol. The van der Waals surface area contributed by atoms with E-state index in [0.717, 1.165) is 6.54 Å². The maximum atomic E-state index is 11.7. The van der Waals surface area contributed by atoms with Crippen molar-refractivity contribution in [3.8, 4) is 0 Å². The van der Waals surface area contributed by atoms with Gasteiger partial charge in [-0.05, 0) is 24.7 Å². The minimum absolute atomic E-state index is 0.0481. The smallest absolute Gasteiger partial charge is 0.293 e. The summed E-state index contributed by atoms with van der Waals surface area (Å²) in [6.07, 6.45) is 8.35. The summed E-state index contributed by atoms with van der Waals surface area (Å²) in [6.45, 7) is 3.09. The van der Waals surface area contributed by atoms with E-state index >= 15 is 0 Å². The molecule has 0 aliphatic heterocycles. The van der Waals surface area contributed by atoms with E-state index in [2.05, 4.69) is 17.2 Å². The van der Waals surface area contributed by atoms with Crippen LogP contribution in [-0.4, -0.2) is 16.1 Å². The van der Waals surface area contributed by atoms with Crippen molar-refractivity contribution in [3.63, 3.8) is 0 Å². The molecule has 1 fully saturated rings. The van der Waals surface area contributed by atoms with Crippen molar-refractivity contribution >= 4 is 5.82 Å². The average molecular weight is 221 g/mol. The van der Waals surface area contributed by atoms with Crippen LogP contribution in [0.2, 0.25) is 0 Å². The van der Waals surface area contributed by atoms with Gasteiger partial charge in [0, 0.05) is 26.0 Å². The molecule has 0 saturated heterocycles. The average Bonchev–Trinajstić information content (AvgIpc) is 2.23. The number of aryl methyl sites for hydroxylation is 1. The Morgan fingerprint density at radius 3 is 2.88 bits per heavy atom. The number of hydrogen-bond acceptors (Lipinski definition) is 3. The third-order valence-corrected chi connectivity index (χ3v) is 3.81. The Kier molecular flexibility index (Phi) is 2.99.